The van der Waals surface area contributed by atoms with Gasteiger partial charge in [-0.05, 0) is 50.2 Å². The largest absolute Gasteiger partial charge is 0.390 e. The molecule has 1 aromatic heterocycles. The van der Waals surface area contributed by atoms with Gasteiger partial charge in [-0.1, -0.05) is 12.1 Å². The van der Waals surface area contributed by atoms with Crippen LogP contribution in [0.2, 0.25) is 0 Å². The number of hydrogen-bond donors (Lipinski definition) is 2. The number of fused-ring (bicyclic) bond motifs is 1. The molecule has 6 heteroatoms. The minimum atomic E-state index is -0.513. The zero-order valence-corrected chi connectivity index (χ0v) is 15.7. The average Bonchev–Trinajstić information content (AvgIpc) is 2.97. The number of thiazole rings is 1. The lowest BCUT2D eigenvalue weighted by Crippen LogP contribution is -2.65. The zero-order valence-electron chi connectivity index (χ0n) is 14.0. The minimum Gasteiger partial charge on any atom is -0.390 e. The summed E-state index contributed by atoms with van der Waals surface area (Å²) in [6.45, 7) is 0. The van der Waals surface area contributed by atoms with E-state index in [-0.39, 0.29) is 23.2 Å². The molecule has 1 aromatic carbocycles. The maximum Gasteiger partial charge on any atom is 0.224 e. The van der Waals surface area contributed by atoms with Gasteiger partial charge in [0.15, 0.2) is 0 Å². The number of thiol groups is 1. The van der Waals surface area contributed by atoms with Crippen LogP contribution < -0.4 is 0 Å². The van der Waals surface area contributed by atoms with E-state index in [2.05, 4.69) is 28.6 Å². The van der Waals surface area contributed by atoms with Gasteiger partial charge in [-0.2, -0.15) is 12.6 Å². The third kappa shape index (κ3) is 2.69. The molecule has 2 aliphatic carbocycles. The van der Waals surface area contributed by atoms with E-state index in [0.717, 1.165) is 47.3 Å². The van der Waals surface area contributed by atoms with Gasteiger partial charge in [0, 0.05) is 18.5 Å². The number of carbonyl (C=O) groups excluding carboxylic acids is 1. The standard InChI is InChI=1S/C19H22N2O2S2/c22-17(7-15(24)18-20-14-3-1-2-4-16(14)25-18)21-12-5-11-6-13(21)10-19(23,8-11)9-12/h1-4,11-13,15,23-24H,5-10H2. The summed E-state index contributed by atoms with van der Waals surface area (Å²) in [6.07, 6.45) is 4.95. The second kappa shape index (κ2) is 5.69. The first-order valence-corrected chi connectivity index (χ1v) is 10.4. The van der Waals surface area contributed by atoms with Crippen LogP contribution in [-0.2, 0) is 4.79 Å². The van der Waals surface area contributed by atoms with E-state index in [4.69, 9.17) is 0 Å². The van der Waals surface area contributed by atoms with E-state index >= 15 is 0 Å². The maximum atomic E-state index is 13.0. The van der Waals surface area contributed by atoms with E-state index in [1.54, 1.807) is 11.3 Å². The fourth-order valence-electron chi connectivity index (χ4n) is 5.38. The van der Waals surface area contributed by atoms with Crippen molar-refractivity contribution in [2.45, 2.75) is 61.5 Å². The van der Waals surface area contributed by atoms with Crippen LogP contribution >= 0.6 is 24.0 Å². The summed E-state index contributed by atoms with van der Waals surface area (Å²) in [5.74, 6) is 0.777. The van der Waals surface area contributed by atoms with Gasteiger partial charge < -0.3 is 10.0 Å². The Hall–Kier alpha value is -1.11. The molecule has 2 saturated heterocycles. The van der Waals surface area contributed by atoms with E-state index in [1.165, 1.54) is 0 Å². The number of piperidine rings is 2. The monoisotopic (exact) mass is 374 g/mol. The first-order chi connectivity index (χ1) is 12.0. The first kappa shape index (κ1) is 16.1. The number of nitrogens with zero attached hydrogens (tertiary/aromatic N) is 2. The fourth-order valence-corrected chi connectivity index (χ4v) is 6.71. The quantitative estimate of drug-likeness (QED) is 0.808. The van der Waals surface area contributed by atoms with Crippen molar-refractivity contribution in [3.05, 3.63) is 29.3 Å². The topological polar surface area (TPSA) is 53.4 Å². The van der Waals surface area contributed by atoms with Crippen LogP contribution in [-0.4, -0.2) is 38.6 Å². The summed E-state index contributed by atoms with van der Waals surface area (Å²) < 4.78 is 1.14. The van der Waals surface area contributed by atoms with Crippen molar-refractivity contribution in [2.24, 2.45) is 5.92 Å². The number of carbonyl (C=O) groups is 1. The Morgan fingerprint density at radius 1 is 1.32 bits per heavy atom. The molecular weight excluding hydrogens is 352 g/mol. The predicted molar refractivity (Wildman–Crippen MR) is 102 cm³/mol. The average molecular weight is 375 g/mol. The normalized spacial score (nSPS) is 34.6. The molecule has 4 aliphatic rings. The number of para-hydroxylation sites is 1. The molecule has 3 heterocycles. The predicted octanol–water partition coefficient (Wildman–Crippen LogP) is 3.56. The molecule has 2 saturated carbocycles. The van der Waals surface area contributed by atoms with Gasteiger partial charge in [-0.15, -0.1) is 11.3 Å². The summed E-state index contributed by atoms with van der Waals surface area (Å²) >= 11 is 6.31. The zero-order chi connectivity index (χ0) is 17.2. The molecule has 0 radical (unpaired) electrons. The molecule has 2 aliphatic heterocycles. The number of aromatic nitrogens is 1. The van der Waals surface area contributed by atoms with Gasteiger partial charge >= 0.3 is 0 Å². The number of amides is 1. The smallest absolute Gasteiger partial charge is 0.224 e. The van der Waals surface area contributed by atoms with Crippen LogP contribution in [0.1, 0.15) is 48.8 Å². The lowest BCUT2D eigenvalue weighted by atomic mass is 9.61. The van der Waals surface area contributed by atoms with Crippen molar-refractivity contribution < 1.29 is 9.90 Å². The molecule has 3 atom stereocenters. The number of hydrogen-bond acceptors (Lipinski definition) is 5. The number of aliphatic hydroxyl groups is 1. The lowest BCUT2D eigenvalue weighted by Gasteiger charge is -2.59. The highest BCUT2D eigenvalue weighted by molar-refractivity contribution is 7.80. The number of benzene rings is 1. The fraction of sp³-hybridized carbons (Fsp3) is 0.579. The Balaban J connectivity index is 1.33. The second-order valence-electron chi connectivity index (χ2n) is 8.02. The molecule has 4 fully saturated rings. The summed E-state index contributed by atoms with van der Waals surface area (Å²) in [7, 11) is 0. The van der Waals surface area contributed by atoms with Crippen LogP contribution in [0.15, 0.2) is 24.3 Å². The minimum absolute atomic E-state index is 0.162. The summed E-state index contributed by atoms with van der Waals surface area (Å²) in [4.78, 5) is 19.7. The molecule has 0 spiro atoms. The Labute approximate surface area is 156 Å². The van der Waals surface area contributed by atoms with E-state index < -0.39 is 5.60 Å². The van der Waals surface area contributed by atoms with Crippen molar-refractivity contribution in [1.29, 1.82) is 0 Å². The summed E-state index contributed by atoms with van der Waals surface area (Å²) in [6, 6.07) is 8.49. The molecule has 25 heavy (non-hydrogen) atoms. The van der Waals surface area contributed by atoms with Crippen LogP contribution in [0.25, 0.3) is 10.2 Å². The summed E-state index contributed by atoms with van der Waals surface area (Å²) in [5, 5.41) is 11.4. The van der Waals surface area contributed by atoms with Crippen LogP contribution in [0, 0.1) is 5.92 Å². The first-order valence-electron chi connectivity index (χ1n) is 9.08. The third-order valence-electron chi connectivity index (χ3n) is 6.15. The number of rotatable bonds is 3. The van der Waals surface area contributed by atoms with Crippen molar-refractivity contribution in [1.82, 2.24) is 9.88 Å². The highest BCUT2D eigenvalue weighted by atomic mass is 32.1. The van der Waals surface area contributed by atoms with Crippen molar-refractivity contribution >= 4 is 40.1 Å². The van der Waals surface area contributed by atoms with Crippen LogP contribution in [0.4, 0.5) is 0 Å². The summed E-state index contributed by atoms with van der Waals surface area (Å²) in [5.41, 5.74) is 0.465. The molecule has 1 amide bonds. The Bertz CT molecular complexity index is 787. The Morgan fingerprint density at radius 3 is 2.72 bits per heavy atom. The molecule has 132 valence electrons. The van der Waals surface area contributed by atoms with Crippen molar-refractivity contribution in [3.63, 3.8) is 0 Å². The second-order valence-corrected chi connectivity index (χ2v) is 9.71. The van der Waals surface area contributed by atoms with Gasteiger partial charge in [-0.25, -0.2) is 4.98 Å². The lowest BCUT2D eigenvalue weighted by molar-refractivity contribution is -0.174. The molecule has 2 aromatic rings. The van der Waals surface area contributed by atoms with Gasteiger partial charge in [0.05, 0.1) is 21.1 Å². The highest BCUT2D eigenvalue weighted by Gasteiger charge is 2.54. The molecule has 3 unspecified atom stereocenters. The van der Waals surface area contributed by atoms with Crippen LogP contribution in [0.3, 0.4) is 0 Å². The Kier molecular flexibility index (Phi) is 3.67. The van der Waals surface area contributed by atoms with Gasteiger partial charge in [0.2, 0.25) is 5.91 Å². The molecule has 4 bridgehead atoms. The third-order valence-corrected chi connectivity index (χ3v) is 7.90. The van der Waals surface area contributed by atoms with E-state index in [9.17, 15) is 9.90 Å². The molecular formula is C19H22N2O2S2. The molecule has 4 nitrogen and oxygen atoms in total. The molecule has 1 N–H and O–H groups in total. The molecule has 6 rings (SSSR count). The van der Waals surface area contributed by atoms with Crippen molar-refractivity contribution in [2.75, 3.05) is 0 Å². The Morgan fingerprint density at radius 2 is 2.04 bits per heavy atom. The van der Waals surface area contributed by atoms with E-state index in [0.29, 0.717) is 12.3 Å². The van der Waals surface area contributed by atoms with Crippen molar-refractivity contribution in [3.8, 4) is 0 Å². The van der Waals surface area contributed by atoms with Gasteiger partial charge in [-0.3, -0.25) is 4.79 Å². The SMILES string of the molecule is O=C(CC(S)c1nc2ccccc2s1)N1C2CC3CC1CC(O)(C3)C2. The maximum absolute atomic E-state index is 13.0. The van der Waals surface area contributed by atoms with Crippen LogP contribution in [0.5, 0.6) is 0 Å². The van der Waals surface area contributed by atoms with Gasteiger partial charge in [0.1, 0.15) is 5.01 Å². The highest BCUT2D eigenvalue weighted by Crippen LogP contribution is 2.51. The van der Waals surface area contributed by atoms with Gasteiger partial charge in [0.25, 0.3) is 0 Å². The van der Waals surface area contributed by atoms with E-state index in [1.807, 2.05) is 18.2 Å².